The van der Waals surface area contributed by atoms with Crippen molar-refractivity contribution in [2.45, 2.75) is 26.8 Å². The van der Waals surface area contributed by atoms with E-state index in [4.69, 9.17) is 16.7 Å². The highest BCUT2D eigenvalue weighted by Gasteiger charge is 2.18. The summed E-state index contributed by atoms with van der Waals surface area (Å²) in [4.78, 5) is 10.5. The van der Waals surface area contributed by atoms with Crippen LogP contribution in [0.1, 0.15) is 25.8 Å². The summed E-state index contributed by atoms with van der Waals surface area (Å²) in [6.07, 6.45) is 0.678. The summed E-state index contributed by atoms with van der Waals surface area (Å²) in [6.45, 7) is 5.24. The topological polar surface area (TPSA) is 75.4 Å². The van der Waals surface area contributed by atoms with Crippen molar-refractivity contribution in [1.82, 2.24) is 5.32 Å². The number of halogens is 1. The van der Waals surface area contributed by atoms with E-state index in [1.807, 2.05) is 13.8 Å². The maximum atomic E-state index is 10.9. The molecule has 1 rings (SSSR count). The minimum atomic E-state index is -0.411. The zero-order valence-corrected chi connectivity index (χ0v) is 11.9. The molecule has 0 saturated heterocycles. The molecule has 2 N–H and O–H groups in total. The van der Waals surface area contributed by atoms with Crippen LogP contribution in [0.3, 0.4) is 0 Å². The fourth-order valence-electron chi connectivity index (χ4n) is 1.80. The van der Waals surface area contributed by atoms with Gasteiger partial charge in [-0.3, -0.25) is 10.1 Å². The van der Waals surface area contributed by atoms with Crippen molar-refractivity contribution in [3.05, 3.63) is 38.9 Å². The van der Waals surface area contributed by atoms with E-state index in [1.54, 1.807) is 6.07 Å². The molecule has 0 radical (unpaired) electrons. The number of benzene rings is 1. The maximum Gasteiger partial charge on any atom is 0.273 e. The van der Waals surface area contributed by atoms with E-state index in [2.05, 4.69) is 5.32 Å². The number of aliphatic hydroxyl groups is 1. The average Bonchev–Trinajstić information content (AvgIpc) is 2.28. The smallest absolute Gasteiger partial charge is 0.273 e. The Labute approximate surface area is 117 Å². The number of nitrogens with zero attached hydrogens (tertiary/aromatic N) is 1. The zero-order chi connectivity index (χ0) is 14.5. The first-order valence-corrected chi connectivity index (χ1v) is 6.48. The molecule has 0 heterocycles. The molecule has 106 valence electrons. The third-order valence-corrected chi connectivity index (χ3v) is 3.18. The number of hydrogen-bond donors (Lipinski definition) is 2. The molecular weight excluding hydrogens is 268 g/mol. The fraction of sp³-hybridized carbons (Fsp3) is 0.538. The van der Waals surface area contributed by atoms with E-state index in [-0.39, 0.29) is 17.7 Å². The van der Waals surface area contributed by atoms with E-state index in [0.717, 1.165) is 0 Å². The van der Waals surface area contributed by atoms with Crippen LogP contribution < -0.4 is 5.32 Å². The van der Waals surface area contributed by atoms with Crippen molar-refractivity contribution in [1.29, 1.82) is 0 Å². The van der Waals surface area contributed by atoms with Gasteiger partial charge in [0.05, 0.1) is 4.92 Å². The molecule has 0 atom stereocenters. The molecule has 6 heteroatoms. The lowest BCUT2D eigenvalue weighted by Crippen LogP contribution is -2.30. The van der Waals surface area contributed by atoms with Gasteiger partial charge in [0.25, 0.3) is 5.69 Å². The Kier molecular flexibility index (Phi) is 5.72. The predicted molar refractivity (Wildman–Crippen MR) is 75.3 cm³/mol. The van der Waals surface area contributed by atoms with Gasteiger partial charge >= 0.3 is 0 Å². The summed E-state index contributed by atoms with van der Waals surface area (Å²) in [5.74, 6) is 0. The van der Waals surface area contributed by atoms with Gasteiger partial charge in [-0.15, -0.1) is 0 Å². The molecule has 0 spiro atoms. The number of nitro benzene ring substituents is 1. The Morgan fingerprint density at radius 1 is 1.47 bits per heavy atom. The highest BCUT2D eigenvalue weighted by molar-refractivity contribution is 6.30. The fourth-order valence-corrected chi connectivity index (χ4v) is 2.00. The van der Waals surface area contributed by atoms with Gasteiger partial charge in [0.1, 0.15) is 0 Å². The van der Waals surface area contributed by atoms with Gasteiger partial charge < -0.3 is 10.4 Å². The molecule has 5 nitrogen and oxygen atoms in total. The molecule has 1 aromatic rings. The van der Waals surface area contributed by atoms with Crippen LogP contribution in [-0.4, -0.2) is 23.2 Å². The number of nitrogens with one attached hydrogen (secondary N) is 1. The maximum absolute atomic E-state index is 10.9. The second-order valence-corrected chi connectivity index (χ2v) is 5.71. The second-order valence-electron chi connectivity index (χ2n) is 5.27. The summed E-state index contributed by atoms with van der Waals surface area (Å²) in [5.41, 5.74) is 0.580. The Balaban J connectivity index is 2.67. The Morgan fingerprint density at radius 3 is 2.74 bits per heavy atom. The third kappa shape index (κ3) is 5.14. The molecule has 19 heavy (non-hydrogen) atoms. The van der Waals surface area contributed by atoms with Crippen LogP contribution in [0.5, 0.6) is 0 Å². The molecule has 0 aromatic heterocycles. The van der Waals surface area contributed by atoms with Crippen molar-refractivity contribution in [2.75, 3.05) is 13.2 Å². The van der Waals surface area contributed by atoms with Crippen LogP contribution in [0.4, 0.5) is 5.69 Å². The van der Waals surface area contributed by atoms with E-state index >= 15 is 0 Å². The summed E-state index contributed by atoms with van der Waals surface area (Å²) in [5, 5.41) is 23.5. The first-order chi connectivity index (χ1) is 8.85. The van der Waals surface area contributed by atoms with Crippen molar-refractivity contribution in [3.8, 4) is 0 Å². The van der Waals surface area contributed by atoms with Crippen molar-refractivity contribution in [3.63, 3.8) is 0 Å². The normalized spacial score (nSPS) is 11.6. The van der Waals surface area contributed by atoms with Gasteiger partial charge in [0, 0.05) is 36.3 Å². The summed E-state index contributed by atoms with van der Waals surface area (Å²) in [6, 6.07) is 4.53. The lowest BCUT2D eigenvalue weighted by Gasteiger charge is -2.23. The molecule has 0 amide bonds. The highest BCUT2D eigenvalue weighted by atomic mass is 35.5. The van der Waals surface area contributed by atoms with Crippen molar-refractivity contribution >= 4 is 17.3 Å². The molecule has 0 bridgehead atoms. The van der Waals surface area contributed by atoms with Crippen LogP contribution >= 0.6 is 11.6 Å². The van der Waals surface area contributed by atoms with E-state index < -0.39 is 4.92 Å². The Morgan fingerprint density at radius 2 is 2.16 bits per heavy atom. The molecule has 0 aliphatic heterocycles. The largest absolute Gasteiger partial charge is 0.396 e. The number of hydrogen-bond acceptors (Lipinski definition) is 4. The summed E-state index contributed by atoms with van der Waals surface area (Å²) < 4.78 is 0. The highest BCUT2D eigenvalue weighted by Crippen LogP contribution is 2.23. The molecule has 0 aliphatic carbocycles. The van der Waals surface area contributed by atoms with E-state index in [9.17, 15) is 10.1 Å². The van der Waals surface area contributed by atoms with Crippen LogP contribution in [0.2, 0.25) is 5.02 Å². The Bertz CT molecular complexity index is 450. The van der Waals surface area contributed by atoms with Crippen LogP contribution in [0.15, 0.2) is 18.2 Å². The zero-order valence-electron chi connectivity index (χ0n) is 11.1. The van der Waals surface area contributed by atoms with Gasteiger partial charge in [-0.05, 0) is 24.0 Å². The molecular formula is C13H19ClN2O3. The number of nitro groups is 1. The van der Waals surface area contributed by atoms with Crippen LogP contribution in [-0.2, 0) is 6.54 Å². The van der Waals surface area contributed by atoms with Crippen LogP contribution in [0.25, 0.3) is 0 Å². The minimum Gasteiger partial charge on any atom is -0.396 e. The van der Waals surface area contributed by atoms with Gasteiger partial charge in [-0.25, -0.2) is 0 Å². The molecule has 1 aromatic carbocycles. The van der Waals surface area contributed by atoms with Gasteiger partial charge in [0.2, 0.25) is 0 Å². The summed E-state index contributed by atoms with van der Waals surface area (Å²) in [7, 11) is 0. The predicted octanol–water partition coefficient (Wildman–Crippen LogP) is 2.75. The molecule has 0 unspecified atom stereocenters. The minimum absolute atomic E-state index is 0.0535. The lowest BCUT2D eigenvalue weighted by molar-refractivity contribution is -0.385. The van der Waals surface area contributed by atoms with Crippen molar-refractivity contribution < 1.29 is 10.0 Å². The third-order valence-electron chi connectivity index (χ3n) is 2.95. The lowest BCUT2D eigenvalue weighted by atomic mass is 9.90. The number of aliphatic hydroxyl groups excluding tert-OH is 1. The standard InChI is InChI=1S/C13H19ClN2O3/c1-13(2,5-6-17)9-15-8-10-7-11(14)3-4-12(10)16(18)19/h3-4,7,15,17H,5-6,8-9H2,1-2H3. The first kappa shape index (κ1) is 15.9. The SMILES string of the molecule is CC(C)(CCO)CNCc1cc(Cl)ccc1[N+](=O)[O-]. The van der Waals surface area contributed by atoms with E-state index in [1.165, 1.54) is 12.1 Å². The number of rotatable bonds is 7. The van der Waals surface area contributed by atoms with E-state index in [0.29, 0.717) is 30.1 Å². The monoisotopic (exact) mass is 286 g/mol. The van der Waals surface area contributed by atoms with Crippen molar-refractivity contribution in [2.24, 2.45) is 5.41 Å². The van der Waals surface area contributed by atoms with Gasteiger partial charge in [-0.1, -0.05) is 25.4 Å². The quantitative estimate of drug-likeness (QED) is 0.597. The second kappa shape index (κ2) is 6.84. The molecule has 0 fully saturated rings. The average molecular weight is 287 g/mol. The molecule has 0 aliphatic rings. The Hall–Kier alpha value is -1.17. The van der Waals surface area contributed by atoms with Crippen LogP contribution in [0, 0.1) is 15.5 Å². The first-order valence-electron chi connectivity index (χ1n) is 6.10. The summed E-state index contributed by atoms with van der Waals surface area (Å²) >= 11 is 5.86. The van der Waals surface area contributed by atoms with Gasteiger partial charge in [-0.2, -0.15) is 0 Å². The molecule has 0 saturated carbocycles. The van der Waals surface area contributed by atoms with Gasteiger partial charge in [0.15, 0.2) is 0 Å².